The fourth-order valence-corrected chi connectivity index (χ4v) is 2.53. The first-order valence-electron chi connectivity index (χ1n) is 8.36. The molecule has 2 heterocycles. The molecule has 2 aliphatic heterocycles. The predicted octanol–water partition coefficient (Wildman–Crippen LogP) is 2.37. The Labute approximate surface area is 141 Å². The summed E-state index contributed by atoms with van der Waals surface area (Å²) in [4.78, 5) is 15.0. The van der Waals surface area contributed by atoms with Gasteiger partial charge in [0.25, 0.3) is 0 Å². The minimum Gasteiger partial charge on any atom is -0.453 e. The molecular formula is C17H34N2O4. The number of methoxy groups -OCH3 is 1. The van der Waals surface area contributed by atoms with Crippen LogP contribution in [0.1, 0.15) is 41.5 Å². The first kappa shape index (κ1) is 20.2. The van der Waals surface area contributed by atoms with Crippen LogP contribution in [0.3, 0.4) is 0 Å². The van der Waals surface area contributed by atoms with Gasteiger partial charge in [-0.3, -0.25) is 4.90 Å². The summed E-state index contributed by atoms with van der Waals surface area (Å²) in [7, 11) is 1.39. The summed E-state index contributed by atoms with van der Waals surface area (Å²) in [6.45, 7) is 18.0. The van der Waals surface area contributed by atoms with Crippen molar-refractivity contribution < 1.29 is 19.0 Å². The highest BCUT2D eigenvalue weighted by Crippen LogP contribution is 2.19. The molecule has 2 aliphatic rings. The number of ether oxygens (including phenoxy) is 3. The van der Waals surface area contributed by atoms with E-state index in [4.69, 9.17) is 9.47 Å². The average Bonchev–Trinajstić information content (AvgIpc) is 2.41. The van der Waals surface area contributed by atoms with Gasteiger partial charge in [0.05, 0.1) is 45.1 Å². The number of amides is 1. The summed E-state index contributed by atoms with van der Waals surface area (Å²) in [6, 6.07) is 0. The maximum atomic E-state index is 11.0. The fraction of sp³-hybridized carbons (Fsp3) is 0.941. The van der Waals surface area contributed by atoms with Gasteiger partial charge in [0.15, 0.2) is 0 Å². The van der Waals surface area contributed by atoms with Gasteiger partial charge in [-0.2, -0.15) is 0 Å². The molecule has 6 nitrogen and oxygen atoms in total. The molecule has 23 heavy (non-hydrogen) atoms. The maximum absolute atomic E-state index is 11.0. The van der Waals surface area contributed by atoms with Crippen molar-refractivity contribution in [2.75, 3.05) is 46.5 Å². The van der Waals surface area contributed by atoms with Gasteiger partial charge in [-0.15, -0.1) is 0 Å². The van der Waals surface area contributed by atoms with E-state index >= 15 is 0 Å². The van der Waals surface area contributed by atoms with E-state index in [1.807, 2.05) is 20.8 Å². The van der Waals surface area contributed by atoms with E-state index in [1.54, 1.807) is 4.90 Å². The number of hydrogen-bond donors (Lipinski definition) is 0. The molecule has 0 aromatic heterocycles. The molecule has 0 spiro atoms. The Kier molecular flexibility index (Phi) is 7.29. The lowest BCUT2D eigenvalue weighted by Gasteiger charge is -2.40. The number of morpholine rings is 1. The molecule has 0 bridgehead atoms. The number of likely N-dealkylation sites (tertiary alicyclic amines) is 1. The number of rotatable bonds is 1. The smallest absolute Gasteiger partial charge is 0.409 e. The van der Waals surface area contributed by atoms with Crippen LogP contribution < -0.4 is 0 Å². The molecular weight excluding hydrogens is 296 g/mol. The zero-order chi connectivity index (χ0) is 17.7. The molecule has 0 atom stereocenters. The molecule has 0 unspecified atom stereocenters. The molecule has 0 radical (unpaired) electrons. The van der Waals surface area contributed by atoms with Gasteiger partial charge in [-0.05, 0) is 41.5 Å². The summed E-state index contributed by atoms with van der Waals surface area (Å²) in [5.41, 5.74) is 0.191. The predicted molar refractivity (Wildman–Crippen MR) is 90.7 cm³/mol. The molecule has 2 rings (SSSR count). The summed E-state index contributed by atoms with van der Waals surface area (Å²) < 4.78 is 15.5. The first-order valence-corrected chi connectivity index (χ1v) is 8.36. The monoisotopic (exact) mass is 330 g/mol. The van der Waals surface area contributed by atoms with E-state index in [0.29, 0.717) is 18.6 Å². The van der Waals surface area contributed by atoms with Crippen LogP contribution in [0.4, 0.5) is 4.79 Å². The third-order valence-corrected chi connectivity index (χ3v) is 3.76. The topological polar surface area (TPSA) is 51.2 Å². The van der Waals surface area contributed by atoms with Crippen LogP contribution in [0.5, 0.6) is 0 Å². The minimum atomic E-state index is -0.270. The first-order chi connectivity index (χ1) is 10.5. The van der Waals surface area contributed by atoms with Gasteiger partial charge in [0.2, 0.25) is 0 Å². The summed E-state index contributed by atoms with van der Waals surface area (Å²) in [5, 5.41) is 0. The van der Waals surface area contributed by atoms with Crippen molar-refractivity contribution >= 4 is 6.09 Å². The number of carbonyl (C=O) groups is 1. The van der Waals surface area contributed by atoms with E-state index < -0.39 is 0 Å². The van der Waals surface area contributed by atoms with Crippen LogP contribution in [-0.2, 0) is 14.2 Å². The molecule has 2 fully saturated rings. The van der Waals surface area contributed by atoms with Gasteiger partial charge in [0.1, 0.15) is 0 Å². The zero-order valence-electron chi connectivity index (χ0n) is 15.8. The van der Waals surface area contributed by atoms with Gasteiger partial charge < -0.3 is 19.1 Å². The van der Waals surface area contributed by atoms with Crippen LogP contribution in [-0.4, -0.2) is 79.6 Å². The largest absolute Gasteiger partial charge is 0.453 e. The van der Waals surface area contributed by atoms with Crippen LogP contribution in [0.25, 0.3) is 0 Å². The van der Waals surface area contributed by atoms with E-state index in [0.717, 1.165) is 26.3 Å². The highest BCUT2D eigenvalue weighted by Gasteiger charge is 2.34. The standard InChI is InChI=1S/C9H17NO3.C8H17NO/c1-9(2,3)13-7-5-10(6-7)8(11)12-4;1-8(2,3)9-4-6-10-7-5-9/h7H,5-6H2,1-4H3;4-7H2,1-3H3. The molecule has 1 amide bonds. The van der Waals surface area contributed by atoms with Crippen molar-refractivity contribution in [2.24, 2.45) is 0 Å². The third-order valence-electron chi connectivity index (χ3n) is 3.76. The quantitative estimate of drug-likeness (QED) is 0.739. The van der Waals surface area contributed by atoms with Crippen molar-refractivity contribution in [1.82, 2.24) is 9.80 Å². The van der Waals surface area contributed by atoms with Crippen molar-refractivity contribution in [3.8, 4) is 0 Å². The Morgan fingerprint density at radius 2 is 1.57 bits per heavy atom. The second-order valence-corrected chi connectivity index (χ2v) is 8.00. The lowest BCUT2D eigenvalue weighted by molar-refractivity contribution is -0.116. The second-order valence-electron chi connectivity index (χ2n) is 8.00. The molecule has 2 saturated heterocycles. The zero-order valence-corrected chi connectivity index (χ0v) is 15.8. The molecule has 136 valence electrons. The van der Waals surface area contributed by atoms with Crippen molar-refractivity contribution in [1.29, 1.82) is 0 Å². The normalized spacial score (nSPS) is 20.4. The highest BCUT2D eigenvalue weighted by molar-refractivity contribution is 5.68. The molecule has 0 N–H and O–H groups in total. The lowest BCUT2D eigenvalue weighted by Crippen LogP contribution is -2.56. The van der Waals surface area contributed by atoms with Crippen LogP contribution in [0.2, 0.25) is 0 Å². The minimum absolute atomic E-state index is 0.132. The summed E-state index contributed by atoms with van der Waals surface area (Å²) >= 11 is 0. The van der Waals surface area contributed by atoms with E-state index in [2.05, 4.69) is 30.4 Å². The van der Waals surface area contributed by atoms with E-state index in [-0.39, 0.29) is 17.8 Å². The van der Waals surface area contributed by atoms with Crippen molar-refractivity contribution in [2.45, 2.75) is 58.8 Å². The molecule has 0 aliphatic carbocycles. The van der Waals surface area contributed by atoms with Gasteiger partial charge in [-0.1, -0.05) is 0 Å². The Morgan fingerprint density at radius 1 is 1.04 bits per heavy atom. The summed E-state index contributed by atoms with van der Waals surface area (Å²) in [6.07, 6.45) is -0.104. The Morgan fingerprint density at radius 3 is 1.91 bits per heavy atom. The van der Waals surface area contributed by atoms with Gasteiger partial charge in [-0.25, -0.2) is 4.79 Å². The van der Waals surface area contributed by atoms with Crippen molar-refractivity contribution in [3.63, 3.8) is 0 Å². The molecule has 6 heteroatoms. The van der Waals surface area contributed by atoms with E-state index in [9.17, 15) is 4.79 Å². The van der Waals surface area contributed by atoms with Crippen LogP contribution in [0, 0.1) is 0 Å². The lowest BCUT2D eigenvalue weighted by atomic mass is 10.1. The third kappa shape index (κ3) is 7.50. The summed E-state index contributed by atoms with van der Waals surface area (Å²) in [5.74, 6) is 0. The van der Waals surface area contributed by atoms with Gasteiger partial charge >= 0.3 is 6.09 Å². The number of nitrogens with zero attached hydrogens (tertiary/aromatic N) is 2. The number of carbonyl (C=O) groups excluding carboxylic acids is 1. The van der Waals surface area contributed by atoms with Crippen molar-refractivity contribution in [3.05, 3.63) is 0 Å². The molecule has 0 saturated carbocycles. The average molecular weight is 330 g/mol. The Bertz CT molecular complexity index is 362. The maximum Gasteiger partial charge on any atom is 0.409 e. The highest BCUT2D eigenvalue weighted by atomic mass is 16.6. The van der Waals surface area contributed by atoms with Crippen LogP contribution in [0.15, 0.2) is 0 Å². The Hall–Kier alpha value is -0.850. The van der Waals surface area contributed by atoms with Gasteiger partial charge in [0, 0.05) is 18.6 Å². The number of hydrogen-bond acceptors (Lipinski definition) is 5. The second kappa shape index (κ2) is 8.31. The van der Waals surface area contributed by atoms with Crippen LogP contribution >= 0.6 is 0 Å². The SMILES string of the molecule is CC(C)(C)N1CCOCC1.COC(=O)N1CC(OC(C)(C)C)C1. The fourth-order valence-electron chi connectivity index (χ4n) is 2.53. The molecule has 0 aromatic rings. The van der Waals surface area contributed by atoms with E-state index in [1.165, 1.54) is 7.11 Å². The molecule has 0 aromatic carbocycles. The Balaban J connectivity index is 0.000000238.